The summed E-state index contributed by atoms with van der Waals surface area (Å²) in [5.74, 6) is 2.15. The summed E-state index contributed by atoms with van der Waals surface area (Å²) in [6, 6.07) is 5.54. The summed E-state index contributed by atoms with van der Waals surface area (Å²) in [6.45, 7) is 7.53. The Morgan fingerprint density at radius 2 is 2.22 bits per heavy atom. The number of likely N-dealkylation sites (tertiary alicyclic amines) is 1. The van der Waals surface area contributed by atoms with Crippen molar-refractivity contribution in [3.8, 4) is 0 Å². The van der Waals surface area contributed by atoms with E-state index >= 15 is 0 Å². The maximum atomic E-state index is 12.9. The van der Waals surface area contributed by atoms with Crippen LogP contribution in [0.25, 0.3) is 6.08 Å². The molecule has 10 heteroatoms. The lowest BCUT2D eigenvalue weighted by Gasteiger charge is -2.30. The third-order valence-electron chi connectivity index (χ3n) is 5.43. The van der Waals surface area contributed by atoms with Gasteiger partial charge in [-0.15, -0.1) is 10.2 Å². The van der Waals surface area contributed by atoms with Gasteiger partial charge in [0, 0.05) is 30.1 Å². The molecular formula is C22H26ClN7O2. The number of aromatic nitrogens is 6. The number of carbonyl (C=O) groups is 1. The van der Waals surface area contributed by atoms with Gasteiger partial charge in [-0.1, -0.05) is 36.7 Å². The number of nitrogens with zero attached hydrogens (tertiary/aromatic N) is 7. The van der Waals surface area contributed by atoms with Crippen LogP contribution in [-0.2, 0) is 11.3 Å². The van der Waals surface area contributed by atoms with Gasteiger partial charge in [0.1, 0.15) is 0 Å². The molecule has 0 unspecified atom stereocenters. The SMILES string of the molecule is Cc1nnn(Cc2cc(Cl)ccc2/C=C/C(=O)N2CCC[C@H](c3nc(C(C)C)no3)C2)n1. The van der Waals surface area contributed by atoms with Crippen LogP contribution in [0.1, 0.15) is 67.2 Å². The fourth-order valence-electron chi connectivity index (χ4n) is 3.71. The Labute approximate surface area is 191 Å². The Morgan fingerprint density at radius 3 is 2.94 bits per heavy atom. The zero-order valence-electron chi connectivity index (χ0n) is 18.4. The Bertz CT molecular complexity index is 1120. The third-order valence-corrected chi connectivity index (χ3v) is 5.67. The van der Waals surface area contributed by atoms with Crippen molar-refractivity contribution in [1.29, 1.82) is 0 Å². The van der Waals surface area contributed by atoms with Crippen molar-refractivity contribution in [3.63, 3.8) is 0 Å². The highest BCUT2D eigenvalue weighted by Gasteiger charge is 2.28. The largest absolute Gasteiger partial charge is 0.339 e. The second-order valence-corrected chi connectivity index (χ2v) is 8.75. The summed E-state index contributed by atoms with van der Waals surface area (Å²) in [6.07, 6.45) is 5.24. The first-order chi connectivity index (χ1) is 15.4. The van der Waals surface area contributed by atoms with Crippen LogP contribution < -0.4 is 0 Å². The van der Waals surface area contributed by atoms with Gasteiger partial charge < -0.3 is 9.42 Å². The number of amides is 1. The van der Waals surface area contributed by atoms with Gasteiger partial charge in [-0.25, -0.2) is 0 Å². The lowest BCUT2D eigenvalue weighted by Crippen LogP contribution is -2.38. The van der Waals surface area contributed by atoms with E-state index in [0.29, 0.717) is 42.2 Å². The van der Waals surface area contributed by atoms with Gasteiger partial charge in [0.25, 0.3) is 0 Å². The van der Waals surface area contributed by atoms with E-state index in [1.54, 1.807) is 19.1 Å². The lowest BCUT2D eigenvalue weighted by molar-refractivity contribution is -0.127. The molecule has 1 amide bonds. The summed E-state index contributed by atoms with van der Waals surface area (Å²) in [7, 11) is 0. The molecule has 32 heavy (non-hydrogen) atoms. The number of carbonyl (C=O) groups excluding carboxylic acids is 1. The first-order valence-corrected chi connectivity index (χ1v) is 11.1. The first kappa shape index (κ1) is 22.1. The summed E-state index contributed by atoms with van der Waals surface area (Å²) < 4.78 is 5.46. The molecule has 1 aromatic carbocycles. The molecule has 3 heterocycles. The van der Waals surface area contributed by atoms with E-state index in [4.69, 9.17) is 16.1 Å². The molecule has 0 aliphatic carbocycles. The van der Waals surface area contributed by atoms with Crippen LogP contribution in [0.2, 0.25) is 5.02 Å². The van der Waals surface area contributed by atoms with Gasteiger partial charge in [-0.05, 0) is 54.3 Å². The molecule has 1 fully saturated rings. The number of tetrazole rings is 1. The van der Waals surface area contributed by atoms with Crippen LogP contribution >= 0.6 is 11.6 Å². The first-order valence-electron chi connectivity index (χ1n) is 10.7. The predicted octanol–water partition coefficient (Wildman–Crippen LogP) is 3.61. The molecule has 2 aromatic heterocycles. The number of halogens is 1. The molecule has 1 aliphatic rings. The van der Waals surface area contributed by atoms with Gasteiger partial charge in [0.2, 0.25) is 11.8 Å². The van der Waals surface area contributed by atoms with E-state index in [1.165, 1.54) is 4.80 Å². The molecular weight excluding hydrogens is 430 g/mol. The Morgan fingerprint density at radius 1 is 1.38 bits per heavy atom. The molecule has 0 N–H and O–H groups in total. The average molecular weight is 456 g/mol. The van der Waals surface area contributed by atoms with Gasteiger partial charge in [0.15, 0.2) is 11.6 Å². The molecule has 0 spiro atoms. The Kier molecular flexibility index (Phi) is 6.64. The third kappa shape index (κ3) is 5.21. The zero-order chi connectivity index (χ0) is 22.7. The van der Waals surface area contributed by atoms with Crippen molar-refractivity contribution in [2.75, 3.05) is 13.1 Å². The van der Waals surface area contributed by atoms with E-state index in [1.807, 2.05) is 37.0 Å². The van der Waals surface area contributed by atoms with Crippen LogP contribution in [0.15, 0.2) is 28.8 Å². The number of rotatable bonds is 6. The highest BCUT2D eigenvalue weighted by atomic mass is 35.5. The van der Waals surface area contributed by atoms with Crippen molar-refractivity contribution < 1.29 is 9.32 Å². The number of piperidine rings is 1. The van der Waals surface area contributed by atoms with Crippen LogP contribution in [0.5, 0.6) is 0 Å². The highest BCUT2D eigenvalue weighted by molar-refractivity contribution is 6.30. The normalized spacial score (nSPS) is 16.9. The molecule has 1 saturated heterocycles. The van der Waals surface area contributed by atoms with Crippen molar-refractivity contribution in [2.24, 2.45) is 0 Å². The Balaban J connectivity index is 1.45. The van der Waals surface area contributed by atoms with Crippen molar-refractivity contribution >= 4 is 23.6 Å². The standard InChI is InChI=1S/C22H26ClN7O2/c1-14(2)21-24-22(32-27-21)17-5-4-10-29(12-17)20(31)9-7-16-6-8-19(23)11-18(16)13-30-26-15(3)25-28-30/h6-9,11,14,17H,4-5,10,12-13H2,1-3H3/b9-7+/t17-/m0/s1. The number of hydrogen-bond donors (Lipinski definition) is 0. The van der Waals surface area contributed by atoms with Crippen molar-refractivity contribution in [2.45, 2.75) is 52.0 Å². The van der Waals surface area contributed by atoms with Crippen LogP contribution in [-0.4, -0.2) is 54.2 Å². The maximum Gasteiger partial charge on any atom is 0.246 e. The molecule has 0 bridgehead atoms. The number of benzene rings is 1. The fraction of sp³-hybridized carbons (Fsp3) is 0.455. The monoisotopic (exact) mass is 455 g/mol. The number of aryl methyl sites for hydroxylation is 1. The second-order valence-electron chi connectivity index (χ2n) is 8.31. The lowest BCUT2D eigenvalue weighted by atomic mass is 9.97. The van der Waals surface area contributed by atoms with Crippen LogP contribution in [0.4, 0.5) is 0 Å². The fourth-order valence-corrected chi connectivity index (χ4v) is 3.90. The summed E-state index contributed by atoms with van der Waals surface area (Å²) in [4.78, 5) is 20.8. The van der Waals surface area contributed by atoms with E-state index in [0.717, 1.165) is 24.0 Å². The minimum atomic E-state index is -0.0473. The van der Waals surface area contributed by atoms with Crippen molar-refractivity contribution in [3.05, 3.63) is 58.0 Å². The molecule has 0 saturated carbocycles. The molecule has 4 rings (SSSR count). The topological polar surface area (TPSA) is 103 Å². The van der Waals surface area contributed by atoms with Gasteiger partial charge >= 0.3 is 0 Å². The van der Waals surface area contributed by atoms with Crippen molar-refractivity contribution in [1.82, 2.24) is 35.2 Å². The van der Waals surface area contributed by atoms with Gasteiger partial charge in [-0.2, -0.15) is 9.78 Å². The van der Waals surface area contributed by atoms with E-state index in [9.17, 15) is 4.79 Å². The molecule has 1 aliphatic heterocycles. The molecule has 1 atom stereocenters. The highest BCUT2D eigenvalue weighted by Crippen LogP contribution is 2.27. The quantitative estimate of drug-likeness (QED) is 0.523. The summed E-state index contributed by atoms with van der Waals surface area (Å²) >= 11 is 6.18. The summed E-state index contributed by atoms with van der Waals surface area (Å²) in [5, 5.41) is 16.8. The summed E-state index contributed by atoms with van der Waals surface area (Å²) in [5.41, 5.74) is 1.78. The van der Waals surface area contributed by atoms with Gasteiger partial charge in [-0.3, -0.25) is 4.79 Å². The molecule has 3 aromatic rings. The molecule has 9 nitrogen and oxygen atoms in total. The van der Waals surface area contributed by atoms with E-state index in [-0.39, 0.29) is 17.7 Å². The van der Waals surface area contributed by atoms with E-state index < -0.39 is 0 Å². The smallest absolute Gasteiger partial charge is 0.246 e. The number of hydrogen-bond acceptors (Lipinski definition) is 7. The zero-order valence-corrected chi connectivity index (χ0v) is 19.2. The average Bonchev–Trinajstić information content (AvgIpc) is 3.42. The molecule has 168 valence electrons. The second kappa shape index (κ2) is 9.60. The Hall–Kier alpha value is -3.07. The minimum Gasteiger partial charge on any atom is -0.339 e. The predicted molar refractivity (Wildman–Crippen MR) is 119 cm³/mol. The van der Waals surface area contributed by atoms with Crippen LogP contribution in [0.3, 0.4) is 0 Å². The van der Waals surface area contributed by atoms with Crippen LogP contribution in [0, 0.1) is 6.92 Å². The van der Waals surface area contributed by atoms with E-state index in [2.05, 4.69) is 25.6 Å². The minimum absolute atomic E-state index is 0.0473. The maximum absolute atomic E-state index is 12.9. The van der Waals surface area contributed by atoms with Gasteiger partial charge in [0.05, 0.1) is 12.5 Å². The molecule has 0 radical (unpaired) electrons.